The highest BCUT2D eigenvalue weighted by Crippen LogP contribution is 2.18. The molecule has 1 rings (SSSR count). The molecule has 1 aromatic rings. The summed E-state index contributed by atoms with van der Waals surface area (Å²) in [5, 5.41) is 8.66. The first-order valence-electron chi connectivity index (χ1n) is 5.78. The third-order valence-corrected chi connectivity index (χ3v) is 2.57. The summed E-state index contributed by atoms with van der Waals surface area (Å²) >= 11 is 0. The molecule has 1 N–H and O–H groups in total. The Balaban J connectivity index is 2.76. The molecule has 0 heterocycles. The Kier molecular flexibility index (Phi) is 5.65. The lowest BCUT2D eigenvalue weighted by Crippen LogP contribution is -2.25. The van der Waals surface area contributed by atoms with Crippen LogP contribution in [-0.4, -0.2) is 43.2 Å². The second-order valence-electron chi connectivity index (χ2n) is 4.08. The van der Waals surface area contributed by atoms with E-state index in [9.17, 15) is 4.79 Å². The van der Waals surface area contributed by atoms with Crippen molar-refractivity contribution in [3.63, 3.8) is 0 Å². The van der Waals surface area contributed by atoms with Gasteiger partial charge in [-0.1, -0.05) is 24.1 Å². The minimum atomic E-state index is -0.859. The number of ether oxygens (including phenoxy) is 1. The molecule has 4 nitrogen and oxygen atoms in total. The van der Waals surface area contributed by atoms with Gasteiger partial charge in [-0.05, 0) is 24.7 Å². The molecule has 1 aromatic carbocycles. The van der Waals surface area contributed by atoms with Crippen molar-refractivity contribution in [1.29, 1.82) is 0 Å². The van der Waals surface area contributed by atoms with E-state index in [2.05, 4.69) is 5.92 Å². The summed E-state index contributed by atoms with van der Waals surface area (Å²) in [4.78, 5) is 12.2. The second-order valence-corrected chi connectivity index (χ2v) is 4.08. The highest BCUT2D eigenvalue weighted by atomic mass is 16.5. The zero-order chi connectivity index (χ0) is 14.3. The number of nitrogens with zero attached hydrogens (tertiary/aromatic N) is 1. The van der Waals surface area contributed by atoms with Crippen LogP contribution in [0.2, 0.25) is 0 Å². The van der Waals surface area contributed by atoms with E-state index < -0.39 is 5.97 Å². The van der Waals surface area contributed by atoms with Crippen LogP contribution in [0.4, 0.5) is 0 Å². The van der Waals surface area contributed by atoms with E-state index in [4.69, 9.17) is 16.3 Å². The standard InChI is InChI=1S/C15H17NO3/c1-4-12(9-10-16(2)11-15(17)18)13-5-7-14(19-3)8-6-13/h1,5-9H,10-11H2,2-3H3,(H,17,18). The number of methoxy groups -OCH3 is 1. The van der Waals surface area contributed by atoms with E-state index in [0.717, 1.165) is 16.9 Å². The van der Waals surface area contributed by atoms with Gasteiger partial charge in [0.1, 0.15) is 5.75 Å². The summed E-state index contributed by atoms with van der Waals surface area (Å²) < 4.78 is 5.08. The first-order valence-corrected chi connectivity index (χ1v) is 5.78. The molecule has 4 heteroatoms. The summed E-state index contributed by atoms with van der Waals surface area (Å²) in [5.41, 5.74) is 1.65. The molecule has 0 amide bonds. The fourth-order valence-electron chi connectivity index (χ4n) is 1.57. The van der Waals surface area contributed by atoms with Gasteiger partial charge >= 0.3 is 5.97 Å². The van der Waals surface area contributed by atoms with Crippen LogP contribution in [-0.2, 0) is 4.79 Å². The monoisotopic (exact) mass is 259 g/mol. The maximum Gasteiger partial charge on any atom is 0.317 e. The average Bonchev–Trinajstić information content (AvgIpc) is 2.39. The van der Waals surface area contributed by atoms with Gasteiger partial charge in [-0.15, -0.1) is 6.42 Å². The van der Waals surface area contributed by atoms with Gasteiger partial charge in [-0.2, -0.15) is 0 Å². The number of carboxylic acids is 1. The summed E-state index contributed by atoms with van der Waals surface area (Å²) in [6.07, 6.45) is 7.32. The third kappa shape index (κ3) is 4.86. The summed E-state index contributed by atoms with van der Waals surface area (Å²) in [6.45, 7) is 0.467. The average molecular weight is 259 g/mol. The zero-order valence-electron chi connectivity index (χ0n) is 11.1. The predicted molar refractivity (Wildman–Crippen MR) is 74.9 cm³/mol. The number of benzene rings is 1. The number of carbonyl (C=O) groups is 1. The Bertz CT molecular complexity index is 497. The lowest BCUT2D eigenvalue weighted by molar-refractivity contribution is -0.137. The van der Waals surface area contributed by atoms with E-state index >= 15 is 0 Å². The molecule has 0 radical (unpaired) electrons. The lowest BCUT2D eigenvalue weighted by Gasteiger charge is -2.11. The fourth-order valence-corrected chi connectivity index (χ4v) is 1.57. The van der Waals surface area contributed by atoms with Crippen molar-refractivity contribution in [2.75, 3.05) is 27.2 Å². The smallest absolute Gasteiger partial charge is 0.317 e. The Labute approximate surface area is 113 Å². The first kappa shape index (κ1) is 14.8. The van der Waals surface area contributed by atoms with Crippen LogP contribution in [0, 0.1) is 12.3 Å². The van der Waals surface area contributed by atoms with E-state index in [1.54, 1.807) is 19.1 Å². The van der Waals surface area contributed by atoms with Crippen molar-refractivity contribution in [3.8, 4) is 18.1 Å². The minimum absolute atomic E-state index is 0.0169. The van der Waals surface area contributed by atoms with Crippen LogP contribution in [0.25, 0.3) is 5.57 Å². The number of carboxylic acid groups (broad SMARTS) is 1. The number of allylic oxidation sites excluding steroid dienone is 1. The Morgan fingerprint density at radius 1 is 1.47 bits per heavy atom. The molecular weight excluding hydrogens is 242 g/mol. The Hall–Kier alpha value is -2.25. The van der Waals surface area contributed by atoms with E-state index in [0.29, 0.717) is 6.54 Å². The van der Waals surface area contributed by atoms with Gasteiger partial charge in [0, 0.05) is 12.1 Å². The third-order valence-electron chi connectivity index (χ3n) is 2.57. The molecular formula is C15H17NO3. The Morgan fingerprint density at radius 3 is 2.58 bits per heavy atom. The number of aliphatic carboxylic acids is 1. The number of rotatable bonds is 6. The molecule has 0 spiro atoms. The van der Waals surface area contributed by atoms with Crippen molar-refractivity contribution >= 4 is 11.5 Å². The highest BCUT2D eigenvalue weighted by molar-refractivity contribution is 5.78. The maximum absolute atomic E-state index is 10.5. The molecule has 0 saturated carbocycles. The molecule has 0 unspecified atom stereocenters. The number of terminal acetylenes is 1. The Morgan fingerprint density at radius 2 is 2.11 bits per heavy atom. The van der Waals surface area contributed by atoms with Gasteiger partial charge in [-0.3, -0.25) is 9.69 Å². The molecule has 0 aliphatic carbocycles. The normalized spacial score (nSPS) is 11.2. The predicted octanol–water partition coefficient (Wildman–Crippen LogP) is 1.73. The summed E-state index contributed by atoms with van der Waals surface area (Å²) in [6, 6.07) is 7.42. The van der Waals surface area contributed by atoms with E-state index in [-0.39, 0.29) is 6.54 Å². The molecule has 0 saturated heterocycles. The van der Waals surface area contributed by atoms with Crippen LogP contribution < -0.4 is 4.74 Å². The molecule has 0 aliphatic heterocycles. The van der Waals surface area contributed by atoms with Crippen LogP contribution in [0.3, 0.4) is 0 Å². The maximum atomic E-state index is 10.5. The van der Waals surface area contributed by atoms with Gasteiger partial charge in [0.05, 0.1) is 13.7 Å². The molecule has 100 valence electrons. The SMILES string of the molecule is C#CC(=CCN(C)CC(=O)O)c1ccc(OC)cc1. The number of hydrogen-bond donors (Lipinski definition) is 1. The topological polar surface area (TPSA) is 49.8 Å². The molecule has 0 bridgehead atoms. The number of likely N-dealkylation sites (N-methyl/N-ethyl adjacent to an activating group) is 1. The summed E-state index contributed by atoms with van der Waals surface area (Å²) in [7, 11) is 3.33. The molecule has 0 fully saturated rings. The van der Waals surface area contributed by atoms with Crippen LogP contribution in [0.15, 0.2) is 30.3 Å². The second kappa shape index (κ2) is 7.24. The van der Waals surface area contributed by atoms with Crippen molar-refractivity contribution < 1.29 is 14.6 Å². The fraction of sp³-hybridized carbons (Fsp3) is 0.267. The molecule has 0 aromatic heterocycles. The van der Waals surface area contributed by atoms with Gasteiger partial charge in [0.2, 0.25) is 0 Å². The van der Waals surface area contributed by atoms with Gasteiger partial charge in [-0.25, -0.2) is 0 Å². The summed E-state index contributed by atoms with van der Waals surface area (Å²) in [5.74, 6) is 2.52. The lowest BCUT2D eigenvalue weighted by atomic mass is 10.1. The van der Waals surface area contributed by atoms with Crippen molar-refractivity contribution in [2.45, 2.75) is 0 Å². The first-order chi connectivity index (χ1) is 9.06. The van der Waals surface area contributed by atoms with Gasteiger partial charge in [0.25, 0.3) is 0 Å². The van der Waals surface area contributed by atoms with Crippen LogP contribution in [0.1, 0.15) is 5.56 Å². The zero-order valence-corrected chi connectivity index (χ0v) is 11.1. The molecule has 19 heavy (non-hydrogen) atoms. The van der Waals surface area contributed by atoms with Crippen LogP contribution in [0.5, 0.6) is 5.75 Å². The van der Waals surface area contributed by atoms with E-state index in [1.165, 1.54) is 0 Å². The van der Waals surface area contributed by atoms with Gasteiger partial charge < -0.3 is 9.84 Å². The van der Waals surface area contributed by atoms with Crippen molar-refractivity contribution in [3.05, 3.63) is 35.9 Å². The number of hydrogen-bond acceptors (Lipinski definition) is 3. The molecule has 0 aliphatic rings. The quantitative estimate of drug-likeness (QED) is 0.790. The van der Waals surface area contributed by atoms with Crippen molar-refractivity contribution in [2.24, 2.45) is 0 Å². The highest BCUT2D eigenvalue weighted by Gasteiger charge is 2.04. The minimum Gasteiger partial charge on any atom is -0.497 e. The van der Waals surface area contributed by atoms with Crippen LogP contribution >= 0.6 is 0 Å². The van der Waals surface area contributed by atoms with E-state index in [1.807, 2.05) is 30.3 Å². The molecule has 0 atom stereocenters. The largest absolute Gasteiger partial charge is 0.497 e. The van der Waals surface area contributed by atoms with Crippen molar-refractivity contribution in [1.82, 2.24) is 4.90 Å². The van der Waals surface area contributed by atoms with Gasteiger partial charge in [0.15, 0.2) is 0 Å².